The number of hydrogen-bond acceptors (Lipinski definition) is 7. The lowest BCUT2D eigenvalue weighted by atomic mass is 9.33. The number of carbonyl (C=O) groups is 3. The summed E-state index contributed by atoms with van der Waals surface area (Å²) in [6.07, 6.45) is 12.6. The van der Waals surface area contributed by atoms with E-state index in [0.29, 0.717) is 24.8 Å². The summed E-state index contributed by atoms with van der Waals surface area (Å²) in [5, 5.41) is 25.4. The summed E-state index contributed by atoms with van der Waals surface area (Å²) in [6, 6.07) is 0. The van der Waals surface area contributed by atoms with Gasteiger partial charge in [0.2, 0.25) is 0 Å². The highest BCUT2D eigenvalue weighted by Crippen LogP contribution is 2.77. The monoisotopic (exact) mass is 739 g/mol. The van der Waals surface area contributed by atoms with Gasteiger partial charge in [-0.1, -0.05) is 60.5 Å². The van der Waals surface area contributed by atoms with E-state index in [1.54, 1.807) is 13.8 Å². The van der Waals surface area contributed by atoms with Gasteiger partial charge in [0, 0.05) is 23.8 Å². The van der Waals surface area contributed by atoms with Crippen LogP contribution in [-0.4, -0.2) is 77.8 Å². The summed E-state index contributed by atoms with van der Waals surface area (Å²) < 4.78 is 6.18. The molecule has 0 amide bonds. The van der Waals surface area contributed by atoms with Gasteiger partial charge in [-0.3, -0.25) is 14.4 Å². The molecule has 5 aliphatic carbocycles. The van der Waals surface area contributed by atoms with E-state index in [-0.39, 0.29) is 51.8 Å². The first-order valence-electron chi connectivity index (χ1n) is 21.6. The molecule has 0 unspecified atom stereocenters. The highest BCUT2D eigenvalue weighted by molar-refractivity contribution is 6.00. The molecular weight excluding hydrogens is 665 g/mol. The number of Topliss-reactive ketones (excluding diaryl/α,β-unsaturated/α-hetero) is 1. The van der Waals surface area contributed by atoms with E-state index in [2.05, 4.69) is 58.7 Å². The molecule has 0 aromatic rings. The number of likely N-dealkylation sites (tertiary alicyclic amines) is 1. The van der Waals surface area contributed by atoms with Crippen LogP contribution in [0.5, 0.6) is 0 Å². The van der Waals surface area contributed by atoms with Gasteiger partial charge in [-0.2, -0.15) is 0 Å². The van der Waals surface area contributed by atoms with Gasteiger partial charge in [-0.05, 0) is 156 Å². The number of carboxylic acid groups (broad SMARTS) is 1. The lowest BCUT2D eigenvalue weighted by molar-refractivity contribution is -0.235. The summed E-state index contributed by atoms with van der Waals surface area (Å²) >= 11 is 0. The van der Waals surface area contributed by atoms with Crippen molar-refractivity contribution in [3.05, 3.63) is 11.1 Å². The number of piperidine rings is 1. The van der Waals surface area contributed by atoms with E-state index in [1.165, 1.54) is 37.9 Å². The SMILES string of the molecule is CC(C)C1=C2[C@H]3CC[C@@H]4[C@@]5(C)CC[C@H](OC(=O)CC(C)(C)C(=O)O)C(C)(C)[C@@H]5CC[C@@]4(C)[C@]3(C)CC[C@@]2([C@H](O)CNCCCN2CCCCC2)CC1=O. The molecule has 0 radical (unpaired) electrons. The predicted octanol–water partition coefficient (Wildman–Crippen LogP) is 8.21. The smallest absolute Gasteiger partial charge is 0.309 e. The average molecular weight is 739 g/mol. The summed E-state index contributed by atoms with van der Waals surface area (Å²) in [6.45, 7) is 24.8. The van der Waals surface area contributed by atoms with Crippen molar-refractivity contribution in [2.45, 2.75) is 164 Å². The summed E-state index contributed by atoms with van der Waals surface area (Å²) in [7, 11) is 0. The zero-order valence-corrected chi connectivity index (χ0v) is 34.9. The van der Waals surface area contributed by atoms with Crippen LogP contribution in [0.1, 0.15) is 152 Å². The van der Waals surface area contributed by atoms with Crippen molar-refractivity contribution in [3.8, 4) is 0 Å². The molecule has 1 aliphatic heterocycles. The van der Waals surface area contributed by atoms with Gasteiger partial charge in [0.15, 0.2) is 5.78 Å². The van der Waals surface area contributed by atoms with Crippen LogP contribution in [0.2, 0.25) is 0 Å². The molecule has 4 saturated carbocycles. The molecule has 53 heavy (non-hydrogen) atoms. The van der Waals surface area contributed by atoms with Crippen molar-refractivity contribution in [3.63, 3.8) is 0 Å². The third-order valence-electron chi connectivity index (χ3n) is 17.1. The zero-order valence-electron chi connectivity index (χ0n) is 34.9. The molecule has 1 saturated heterocycles. The summed E-state index contributed by atoms with van der Waals surface area (Å²) in [5.74, 6) is 0.209. The van der Waals surface area contributed by atoms with Crippen molar-refractivity contribution in [1.29, 1.82) is 0 Å². The van der Waals surface area contributed by atoms with E-state index in [9.17, 15) is 24.6 Å². The Morgan fingerprint density at radius 3 is 2.28 bits per heavy atom. The molecular formula is C45H74N2O6. The van der Waals surface area contributed by atoms with Crippen molar-refractivity contribution in [2.24, 2.45) is 56.2 Å². The Bertz CT molecular complexity index is 1450. The number of ether oxygens (including phenoxy) is 1. The number of fused-ring (bicyclic) bond motifs is 7. The maximum atomic E-state index is 14.1. The van der Waals surface area contributed by atoms with Crippen LogP contribution < -0.4 is 5.32 Å². The second kappa shape index (κ2) is 14.6. The highest BCUT2D eigenvalue weighted by Gasteiger charge is 2.70. The molecule has 0 spiro atoms. The van der Waals surface area contributed by atoms with Crippen LogP contribution in [0.4, 0.5) is 0 Å². The molecule has 8 heteroatoms. The number of rotatable bonds is 12. The second-order valence-electron chi connectivity index (χ2n) is 21.0. The molecule has 6 rings (SSSR count). The Labute approximate surface area is 321 Å². The van der Waals surface area contributed by atoms with Crippen LogP contribution in [0, 0.1) is 56.2 Å². The topological polar surface area (TPSA) is 116 Å². The number of carbonyl (C=O) groups excluding carboxylic acids is 2. The number of nitrogens with one attached hydrogen (secondary N) is 1. The summed E-state index contributed by atoms with van der Waals surface area (Å²) in [4.78, 5) is 41.5. The average Bonchev–Trinajstić information content (AvgIpc) is 3.39. The number of allylic oxidation sites excluding steroid dienone is 1. The Morgan fingerprint density at radius 1 is 0.925 bits per heavy atom. The molecule has 9 atom stereocenters. The minimum Gasteiger partial charge on any atom is -0.481 e. The van der Waals surface area contributed by atoms with E-state index in [1.807, 2.05) is 0 Å². The van der Waals surface area contributed by atoms with Crippen molar-refractivity contribution in [2.75, 3.05) is 32.7 Å². The number of carboxylic acids is 1. The molecule has 6 aliphatic rings. The molecule has 300 valence electrons. The van der Waals surface area contributed by atoms with Gasteiger partial charge in [0.1, 0.15) is 6.10 Å². The molecule has 5 fully saturated rings. The van der Waals surface area contributed by atoms with E-state index in [0.717, 1.165) is 76.5 Å². The Morgan fingerprint density at radius 2 is 1.62 bits per heavy atom. The predicted molar refractivity (Wildman–Crippen MR) is 209 cm³/mol. The largest absolute Gasteiger partial charge is 0.481 e. The minimum absolute atomic E-state index is 0.0188. The van der Waals surface area contributed by atoms with Crippen molar-refractivity contribution in [1.82, 2.24) is 10.2 Å². The standard InChI is InChI=1S/C45H74N2O6/c1-29(2)37-31(48)26-45(34(49)28-46-22-13-25-47-23-11-10-12-24-47)21-20-43(8)30(38(37)45)14-15-33-42(7)18-17-35(53-36(50)27-40(3,4)39(51)52)41(5,6)32(42)16-19-44(33,43)9/h29-30,32-35,46,49H,10-28H2,1-9H3,(H,51,52)/t30-,32+,33-,34-,35+,42+,43-,44-,45+/m1/s1. The number of aliphatic hydroxyl groups excluding tert-OH is 1. The quantitative estimate of drug-likeness (QED) is 0.136. The van der Waals surface area contributed by atoms with E-state index >= 15 is 0 Å². The van der Waals surface area contributed by atoms with Gasteiger partial charge >= 0.3 is 11.9 Å². The molecule has 0 bridgehead atoms. The fourth-order valence-corrected chi connectivity index (χ4v) is 14.0. The van der Waals surface area contributed by atoms with Crippen molar-refractivity contribution < 1.29 is 29.3 Å². The number of esters is 1. The van der Waals surface area contributed by atoms with Gasteiger partial charge in [-0.25, -0.2) is 0 Å². The first kappa shape index (κ1) is 40.9. The number of aliphatic carboxylic acids is 1. The molecule has 0 aromatic carbocycles. The third kappa shape index (κ3) is 6.78. The molecule has 1 heterocycles. The van der Waals surface area contributed by atoms with Crippen LogP contribution in [0.3, 0.4) is 0 Å². The number of nitrogens with zero attached hydrogens (tertiary/aromatic N) is 1. The normalized spacial score (nSPS) is 39.2. The van der Waals surface area contributed by atoms with E-state index < -0.39 is 28.9 Å². The van der Waals surface area contributed by atoms with Gasteiger partial charge < -0.3 is 25.2 Å². The third-order valence-corrected chi connectivity index (χ3v) is 17.1. The fourth-order valence-electron chi connectivity index (χ4n) is 14.0. The maximum Gasteiger partial charge on any atom is 0.309 e. The van der Waals surface area contributed by atoms with E-state index in [4.69, 9.17) is 4.74 Å². The number of aliphatic hydroxyl groups is 1. The van der Waals surface area contributed by atoms with Gasteiger partial charge in [0.25, 0.3) is 0 Å². The minimum atomic E-state index is -1.16. The first-order chi connectivity index (χ1) is 24.7. The lowest BCUT2D eigenvalue weighted by Gasteiger charge is -2.72. The number of hydrogen-bond donors (Lipinski definition) is 3. The second-order valence-corrected chi connectivity index (χ2v) is 21.0. The summed E-state index contributed by atoms with van der Waals surface area (Å²) in [5.41, 5.74) is 0.693. The number of ketones is 1. The van der Waals surface area contributed by atoms with Crippen LogP contribution in [0.25, 0.3) is 0 Å². The zero-order chi connectivity index (χ0) is 38.8. The Hall–Kier alpha value is -1.77. The van der Waals surface area contributed by atoms with Gasteiger partial charge in [0.05, 0.1) is 17.9 Å². The van der Waals surface area contributed by atoms with Crippen molar-refractivity contribution >= 4 is 17.7 Å². The fraction of sp³-hybridized carbons (Fsp3) is 0.889. The maximum absolute atomic E-state index is 14.1. The molecule has 8 nitrogen and oxygen atoms in total. The Balaban J connectivity index is 1.21. The van der Waals surface area contributed by atoms with Gasteiger partial charge in [-0.15, -0.1) is 0 Å². The molecule has 3 N–H and O–H groups in total. The van der Waals surface area contributed by atoms with Crippen LogP contribution >= 0.6 is 0 Å². The first-order valence-corrected chi connectivity index (χ1v) is 21.6. The lowest BCUT2D eigenvalue weighted by Crippen LogP contribution is -2.66. The van der Waals surface area contributed by atoms with Crippen LogP contribution in [-0.2, 0) is 19.1 Å². The molecule has 0 aromatic heterocycles. The van der Waals surface area contributed by atoms with Crippen LogP contribution in [0.15, 0.2) is 11.1 Å². The highest BCUT2D eigenvalue weighted by atomic mass is 16.5. The Kier molecular flexibility index (Phi) is 11.3.